The van der Waals surface area contributed by atoms with Crippen molar-refractivity contribution in [3.63, 3.8) is 0 Å². The first-order chi connectivity index (χ1) is 10.5. The van der Waals surface area contributed by atoms with Crippen molar-refractivity contribution in [3.05, 3.63) is 23.8 Å². The molecule has 2 N–H and O–H groups in total. The number of anilines is 1. The Hall–Kier alpha value is -2.12. The molecule has 0 aliphatic carbocycles. The Morgan fingerprint density at radius 3 is 2.32 bits per heavy atom. The van der Waals surface area contributed by atoms with Crippen molar-refractivity contribution in [1.82, 2.24) is 4.90 Å². The minimum atomic E-state index is -0.812. The van der Waals surface area contributed by atoms with Gasteiger partial charge >= 0.3 is 11.8 Å². The van der Waals surface area contributed by atoms with Crippen molar-refractivity contribution in [2.75, 3.05) is 45.8 Å². The number of carbonyl (C=O) groups excluding carboxylic acids is 2. The smallest absolute Gasteiger partial charge is 0.314 e. The Morgan fingerprint density at radius 1 is 1.18 bits per heavy atom. The molecule has 0 spiro atoms. The van der Waals surface area contributed by atoms with Crippen LogP contribution < -0.4 is 5.32 Å². The average Bonchev–Trinajstić information content (AvgIpc) is 2.50. The highest BCUT2D eigenvalue weighted by Gasteiger charge is 2.22. The van der Waals surface area contributed by atoms with E-state index in [9.17, 15) is 14.7 Å². The van der Waals surface area contributed by atoms with Gasteiger partial charge in [0, 0.05) is 27.3 Å². The summed E-state index contributed by atoms with van der Waals surface area (Å²) in [6.45, 7) is 3.02. The summed E-state index contributed by atoms with van der Waals surface area (Å²) in [5, 5.41) is 12.1. The van der Waals surface area contributed by atoms with E-state index in [1.807, 2.05) is 6.92 Å². The molecule has 0 heterocycles. The lowest BCUT2D eigenvalue weighted by Crippen LogP contribution is -2.43. The van der Waals surface area contributed by atoms with Crippen LogP contribution in [0.5, 0.6) is 5.75 Å². The Labute approximate surface area is 129 Å². The fourth-order valence-electron chi connectivity index (χ4n) is 1.79. The van der Waals surface area contributed by atoms with E-state index in [0.717, 1.165) is 5.56 Å². The van der Waals surface area contributed by atoms with Gasteiger partial charge in [0.1, 0.15) is 5.75 Å². The van der Waals surface area contributed by atoms with Crippen molar-refractivity contribution in [3.8, 4) is 5.75 Å². The molecule has 0 aromatic heterocycles. The monoisotopic (exact) mass is 310 g/mol. The molecule has 2 amide bonds. The van der Waals surface area contributed by atoms with E-state index in [4.69, 9.17) is 9.47 Å². The van der Waals surface area contributed by atoms with Gasteiger partial charge in [0.25, 0.3) is 0 Å². The van der Waals surface area contributed by atoms with E-state index in [1.165, 1.54) is 25.2 Å². The summed E-state index contributed by atoms with van der Waals surface area (Å²) in [4.78, 5) is 25.6. The Bertz CT molecular complexity index is 511. The van der Waals surface area contributed by atoms with Crippen LogP contribution in [0.4, 0.5) is 5.69 Å². The summed E-state index contributed by atoms with van der Waals surface area (Å²) < 4.78 is 9.86. The number of amides is 2. The highest BCUT2D eigenvalue weighted by Crippen LogP contribution is 2.23. The van der Waals surface area contributed by atoms with Crippen LogP contribution in [0.1, 0.15) is 5.56 Å². The van der Waals surface area contributed by atoms with E-state index in [0.29, 0.717) is 13.2 Å². The molecular formula is C15H22N2O5. The van der Waals surface area contributed by atoms with Crippen LogP contribution in [0.3, 0.4) is 0 Å². The highest BCUT2D eigenvalue weighted by molar-refractivity contribution is 6.39. The molecule has 0 radical (unpaired) electrons. The van der Waals surface area contributed by atoms with Gasteiger partial charge in [0.05, 0.1) is 18.9 Å². The fourth-order valence-corrected chi connectivity index (χ4v) is 1.79. The van der Waals surface area contributed by atoms with Crippen molar-refractivity contribution in [2.45, 2.75) is 6.92 Å². The normalized spacial score (nSPS) is 10.3. The number of hydrogen-bond donors (Lipinski definition) is 2. The third-order valence-corrected chi connectivity index (χ3v) is 3.01. The number of carbonyl (C=O) groups is 2. The van der Waals surface area contributed by atoms with E-state index in [1.54, 1.807) is 12.1 Å². The fraction of sp³-hybridized carbons (Fsp3) is 0.467. The lowest BCUT2D eigenvalue weighted by atomic mass is 10.2. The molecule has 1 rings (SSSR count). The second kappa shape index (κ2) is 9.01. The van der Waals surface area contributed by atoms with Gasteiger partial charge in [-0.2, -0.15) is 0 Å². The molecule has 7 heteroatoms. The zero-order valence-corrected chi connectivity index (χ0v) is 13.1. The van der Waals surface area contributed by atoms with Crippen LogP contribution >= 0.6 is 0 Å². The molecule has 0 unspecified atom stereocenters. The SMILES string of the molecule is COCCN(CCOC)C(=O)C(=O)Nc1cc(C)ccc1O. The van der Waals surface area contributed by atoms with Gasteiger partial charge in [0.15, 0.2) is 0 Å². The summed E-state index contributed by atoms with van der Waals surface area (Å²) in [7, 11) is 3.04. The number of phenols is 1. The molecule has 1 aromatic rings. The number of nitrogens with zero attached hydrogens (tertiary/aromatic N) is 1. The molecule has 0 bridgehead atoms. The van der Waals surface area contributed by atoms with Gasteiger partial charge in [-0.1, -0.05) is 6.07 Å². The van der Waals surface area contributed by atoms with Gasteiger partial charge in [-0.25, -0.2) is 0 Å². The highest BCUT2D eigenvalue weighted by atomic mass is 16.5. The summed E-state index contributed by atoms with van der Waals surface area (Å²) in [6.07, 6.45) is 0. The third-order valence-electron chi connectivity index (χ3n) is 3.01. The second-order valence-electron chi connectivity index (χ2n) is 4.75. The topological polar surface area (TPSA) is 88.1 Å². The van der Waals surface area contributed by atoms with Crippen molar-refractivity contribution >= 4 is 17.5 Å². The standard InChI is InChI=1S/C15H22N2O5/c1-11-4-5-13(18)12(10-11)16-14(19)15(20)17(6-8-21-2)7-9-22-3/h4-5,10,18H,6-9H2,1-3H3,(H,16,19). The molecule has 1 aromatic carbocycles. The number of aromatic hydroxyl groups is 1. The number of phenolic OH excluding ortho intramolecular Hbond substituents is 1. The predicted octanol–water partition coefficient (Wildman–Crippen LogP) is 0.761. The summed E-state index contributed by atoms with van der Waals surface area (Å²) in [5.74, 6) is -1.60. The van der Waals surface area contributed by atoms with Gasteiger partial charge in [-0.3, -0.25) is 9.59 Å². The molecule has 0 aliphatic rings. The molecular weight excluding hydrogens is 288 g/mol. The van der Waals surface area contributed by atoms with Crippen LogP contribution in [-0.4, -0.2) is 62.3 Å². The maximum Gasteiger partial charge on any atom is 0.314 e. The molecule has 0 saturated heterocycles. The zero-order valence-electron chi connectivity index (χ0n) is 13.1. The zero-order chi connectivity index (χ0) is 16.5. The third kappa shape index (κ3) is 5.34. The number of ether oxygens (including phenoxy) is 2. The lowest BCUT2D eigenvalue weighted by molar-refractivity contribution is -0.144. The molecule has 122 valence electrons. The van der Waals surface area contributed by atoms with Crippen LogP contribution in [0.15, 0.2) is 18.2 Å². The lowest BCUT2D eigenvalue weighted by Gasteiger charge is -2.21. The number of aryl methyl sites for hydroxylation is 1. The van der Waals surface area contributed by atoms with Gasteiger partial charge in [0.2, 0.25) is 0 Å². The van der Waals surface area contributed by atoms with Gasteiger partial charge < -0.3 is 24.8 Å². The van der Waals surface area contributed by atoms with Crippen molar-refractivity contribution in [1.29, 1.82) is 0 Å². The van der Waals surface area contributed by atoms with Crippen LogP contribution in [-0.2, 0) is 19.1 Å². The summed E-state index contributed by atoms with van der Waals surface area (Å²) in [6, 6.07) is 4.76. The van der Waals surface area contributed by atoms with Crippen LogP contribution in [0.25, 0.3) is 0 Å². The van der Waals surface area contributed by atoms with Crippen molar-refractivity contribution in [2.24, 2.45) is 0 Å². The molecule has 7 nitrogen and oxygen atoms in total. The molecule has 0 fully saturated rings. The largest absolute Gasteiger partial charge is 0.506 e. The number of hydrogen-bond acceptors (Lipinski definition) is 5. The van der Waals surface area contributed by atoms with Crippen LogP contribution in [0.2, 0.25) is 0 Å². The number of benzene rings is 1. The maximum atomic E-state index is 12.2. The Balaban J connectivity index is 2.75. The number of nitrogens with one attached hydrogen (secondary N) is 1. The second-order valence-corrected chi connectivity index (χ2v) is 4.75. The first-order valence-corrected chi connectivity index (χ1v) is 6.87. The first kappa shape index (κ1) is 17.9. The first-order valence-electron chi connectivity index (χ1n) is 6.87. The molecule has 0 atom stereocenters. The van der Waals surface area contributed by atoms with Crippen molar-refractivity contribution < 1.29 is 24.2 Å². The quantitative estimate of drug-likeness (QED) is 0.573. The predicted molar refractivity (Wildman–Crippen MR) is 81.8 cm³/mol. The minimum Gasteiger partial charge on any atom is -0.506 e. The van der Waals surface area contributed by atoms with Gasteiger partial charge in [-0.15, -0.1) is 0 Å². The Kier molecular flexibility index (Phi) is 7.34. The van der Waals surface area contributed by atoms with Crippen LogP contribution in [0, 0.1) is 6.92 Å². The van der Waals surface area contributed by atoms with E-state index in [2.05, 4.69) is 5.32 Å². The molecule has 0 aliphatic heterocycles. The van der Waals surface area contributed by atoms with E-state index in [-0.39, 0.29) is 24.5 Å². The van der Waals surface area contributed by atoms with Gasteiger partial charge in [-0.05, 0) is 24.6 Å². The summed E-state index contributed by atoms with van der Waals surface area (Å²) in [5.41, 5.74) is 1.06. The Morgan fingerprint density at radius 2 is 1.77 bits per heavy atom. The molecule has 22 heavy (non-hydrogen) atoms. The average molecular weight is 310 g/mol. The maximum absolute atomic E-state index is 12.2. The minimum absolute atomic E-state index is 0.0907. The number of methoxy groups -OCH3 is 2. The van der Waals surface area contributed by atoms with E-state index < -0.39 is 11.8 Å². The van der Waals surface area contributed by atoms with E-state index >= 15 is 0 Å². The summed E-state index contributed by atoms with van der Waals surface area (Å²) >= 11 is 0. The molecule has 0 saturated carbocycles. The number of rotatable bonds is 7.